The first-order valence-corrected chi connectivity index (χ1v) is 9.62. The second-order valence-electron chi connectivity index (χ2n) is 7.16. The van der Waals surface area contributed by atoms with E-state index in [2.05, 4.69) is 26.8 Å². The molecule has 0 saturated carbocycles. The summed E-state index contributed by atoms with van der Waals surface area (Å²) in [6.07, 6.45) is 2.46. The largest absolute Gasteiger partial charge is 0.464 e. The van der Waals surface area contributed by atoms with Gasteiger partial charge in [0.15, 0.2) is 0 Å². The number of nitrogens with zero attached hydrogens (tertiary/aromatic N) is 2. The number of nitrogens with one attached hydrogen (secondary N) is 2. The van der Waals surface area contributed by atoms with Crippen LogP contribution in [0.2, 0.25) is 0 Å². The van der Waals surface area contributed by atoms with Crippen LogP contribution < -0.4 is 5.56 Å². The molecule has 2 aromatic heterocycles. The molecule has 0 radical (unpaired) electrons. The van der Waals surface area contributed by atoms with Gasteiger partial charge in [-0.05, 0) is 12.5 Å². The first kappa shape index (κ1) is 18.4. The summed E-state index contributed by atoms with van der Waals surface area (Å²) >= 11 is 0. The molecule has 1 aliphatic heterocycles. The minimum atomic E-state index is -0.382. The van der Waals surface area contributed by atoms with Crippen molar-refractivity contribution in [2.24, 2.45) is 0 Å². The normalized spacial score (nSPS) is 14.2. The Morgan fingerprint density at radius 1 is 1.29 bits per heavy atom. The van der Waals surface area contributed by atoms with E-state index in [1.807, 2.05) is 24.3 Å². The van der Waals surface area contributed by atoms with Gasteiger partial charge in [0.2, 0.25) is 0 Å². The molecule has 1 aliphatic rings. The van der Waals surface area contributed by atoms with Gasteiger partial charge in [0.05, 0.1) is 18.4 Å². The van der Waals surface area contributed by atoms with Crippen LogP contribution in [0.5, 0.6) is 0 Å². The molecule has 0 spiro atoms. The first-order chi connectivity index (χ1) is 13.6. The Morgan fingerprint density at radius 2 is 2.11 bits per heavy atom. The Balaban J connectivity index is 1.65. The van der Waals surface area contributed by atoms with E-state index < -0.39 is 0 Å². The molecule has 0 saturated heterocycles. The number of carbonyl (C=O) groups excluding carboxylic acids is 1. The van der Waals surface area contributed by atoms with E-state index in [-0.39, 0.29) is 11.5 Å². The third-order valence-electron chi connectivity index (χ3n) is 5.27. The van der Waals surface area contributed by atoms with Gasteiger partial charge in [0, 0.05) is 48.9 Å². The highest BCUT2D eigenvalue weighted by Gasteiger charge is 2.25. The van der Waals surface area contributed by atoms with Crippen LogP contribution in [0.4, 0.5) is 0 Å². The summed E-state index contributed by atoms with van der Waals surface area (Å²) in [4.78, 5) is 37.7. The highest BCUT2D eigenvalue weighted by molar-refractivity contribution is 5.98. The SMILES string of the molecule is CCCc1nc2c(c(=O)[nH]1)CN(Cc1c(C(=O)OC)[nH]c3ccccc13)CC2. The molecule has 2 N–H and O–H groups in total. The summed E-state index contributed by atoms with van der Waals surface area (Å²) in [6, 6.07) is 7.83. The van der Waals surface area contributed by atoms with E-state index in [0.717, 1.165) is 59.4 Å². The van der Waals surface area contributed by atoms with Crippen molar-refractivity contribution in [3.63, 3.8) is 0 Å². The molecule has 1 aromatic carbocycles. The van der Waals surface area contributed by atoms with E-state index in [1.165, 1.54) is 7.11 Å². The zero-order valence-corrected chi connectivity index (χ0v) is 16.2. The smallest absolute Gasteiger partial charge is 0.354 e. The van der Waals surface area contributed by atoms with Crippen LogP contribution in [0.15, 0.2) is 29.1 Å². The number of hydrogen-bond acceptors (Lipinski definition) is 5. The minimum absolute atomic E-state index is 0.0507. The highest BCUT2D eigenvalue weighted by atomic mass is 16.5. The lowest BCUT2D eigenvalue weighted by Crippen LogP contribution is -2.36. The fourth-order valence-corrected chi connectivity index (χ4v) is 3.89. The van der Waals surface area contributed by atoms with E-state index >= 15 is 0 Å². The van der Waals surface area contributed by atoms with Crippen LogP contribution in [-0.2, 0) is 30.7 Å². The third kappa shape index (κ3) is 3.33. The van der Waals surface area contributed by atoms with Gasteiger partial charge >= 0.3 is 5.97 Å². The number of carbonyl (C=O) groups is 1. The van der Waals surface area contributed by atoms with Crippen LogP contribution >= 0.6 is 0 Å². The topological polar surface area (TPSA) is 91.1 Å². The number of para-hydroxylation sites is 1. The summed E-state index contributed by atoms with van der Waals surface area (Å²) in [6.45, 7) is 3.94. The van der Waals surface area contributed by atoms with E-state index in [9.17, 15) is 9.59 Å². The summed E-state index contributed by atoms with van der Waals surface area (Å²) in [5.74, 6) is 0.386. The maximum Gasteiger partial charge on any atom is 0.354 e. The Bertz CT molecular complexity index is 1080. The highest BCUT2D eigenvalue weighted by Crippen LogP contribution is 2.26. The number of ether oxygens (including phenoxy) is 1. The van der Waals surface area contributed by atoms with Crippen molar-refractivity contribution in [2.45, 2.75) is 39.3 Å². The number of benzene rings is 1. The average molecular weight is 380 g/mol. The van der Waals surface area contributed by atoms with Gasteiger partial charge < -0.3 is 14.7 Å². The molecular weight excluding hydrogens is 356 g/mol. The summed E-state index contributed by atoms with van der Waals surface area (Å²) in [5, 5.41) is 0.999. The van der Waals surface area contributed by atoms with Gasteiger partial charge in [-0.15, -0.1) is 0 Å². The van der Waals surface area contributed by atoms with Crippen LogP contribution in [0.25, 0.3) is 10.9 Å². The van der Waals surface area contributed by atoms with Crippen molar-refractivity contribution in [3.8, 4) is 0 Å². The minimum Gasteiger partial charge on any atom is -0.464 e. The van der Waals surface area contributed by atoms with Crippen molar-refractivity contribution in [2.75, 3.05) is 13.7 Å². The molecule has 4 rings (SSSR count). The zero-order chi connectivity index (χ0) is 19.7. The number of fused-ring (bicyclic) bond motifs is 2. The Kier molecular flexibility index (Phi) is 5.00. The number of aryl methyl sites for hydroxylation is 1. The average Bonchev–Trinajstić information content (AvgIpc) is 3.07. The number of esters is 1. The van der Waals surface area contributed by atoms with E-state index in [1.54, 1.807) is 0 Å². The van der Waals surface area contributed by atoms with Crippen molar-refractivity contribution in [3.05, 3.63) is 63.0 Å². The molecule has 7 heteroatoms. The molecule has 0 atom stereocenters. The molecule has 0 amide bonds. The fourth-order valence-electron chi connectivity index (χ4n) is 3.89. The summed E-state index contributed by atoms with van der Waals surface area (Å²) in [7, 11) is 1.38. The second-order valence-corrected chi connectivity index (χ2v) is 7.16. The van der Waals surface area contributed by atoms with Gasteiger partial charge in [-0.1, -0.05) is 25.1 Å². The quantitative estimate of drug-likeness (QED) is 0.664. The molecular formula is C21H24N4O3. The van der Waals surface area contributed by atoms with Crippen molar-refractivity contribution >= 4 is 16.9 Å². The van der Waals surface area contributed by atoms with Gasteiger partial charge in [0.25, 0.3) is 5.56 Å². The number of aromatic amines is 2. The van der Waals surface area contributed by atoms with Gasteiger partial charge in [-0.3, -0.25) is 9.69 Å². The number of methoxy groups -OCH3 is 1. The Labute approximate surface area is 162 Å². The molecule has 0 unspecified atom stereocenters. The summed E-state index contributed by atoms with van der Waals surface area (Å²) in [5.41, 5.74) is 3.85. The molecule has 28 heavy (non-hydrogen) atoms. The fraction of sp³-hybridized carbons (Fsp3) is 0.381. The lowest BCUT2D eigenvalue weighted by molar-refractivity contribution is 0.0592. The second kappa shape index (κ2) is 7.59. The van der Waals surface area contributed by atoms with Gasteiger partial charge in [-0.2, -0.15) is 0 Å². The maximum absolute atomic E-state index is 12.5. The van der Waals surface area contributed by atoms with Crippen LogP contribution in [0.1, 0.15) is 46.5 Å². The standard InChI is InChI=1S/C21H24N4O3/c1-3-6-18-22-17-9-10-25(12-15(17)20(26)24-18)11-14-13-7-4-5-8-16(13)23-19(14)21(27)28-2/h4-5,7-8,23H,3,6,9-12H2,1-2H3,(H,22,24,26). The van der Waals surface area contributed by atoms with Gasteiger partial charge in [-0.25, -0.2) is 9.78 Å². The van der Waals surface area contributed by atoms with Crippen LogP contribution in [0, 0.1) is 0 Å². The molecule has 0 aliphatic carbocycles. The maximum atomic E-state index is 12.5. The summed E-state index contributed by atoms with van der Waals surface area (Å²) < 4.78 is 4.95. The van der Waals surface area contributed by atoms with Crippen molar-refractivity contribution < 1.29 is 9.53 Å². The number of H-pyrrole nitrogens is 2. The number of hydrogen-bond donors (Lipinski definition) is 2. The number of rotatable bonds is 5. The predicted molar refractivity (Wildman–Crippen MR) is 106 cm³/mol. The number of aromatic nitrogens is 3. The molecule has 0 fully saturated rings. The Morgan fingerprint density at radius 3 is 2.89 bits per heavy atom. The van der Waals surface area contributed by atoms with Gasteiger partial charge in [0.1, 0.15) is 11.5 Å². The molecule has 7 nitrogen and oxygen atoms in total. The Hall–Kier alpha value is -2.93. The molecule has 3 aromatic rings. The van der Waals surface area contributed by atoms with Crippen molar-refractivity contribution in [1.82, 2.24) is 19.9 Å². The molecule has 146 valence electrons. The lowest BCUT2D eigenvalue weighted by atomic mass is 10.0. The molecule has 3 heterocycles. The van der Waals surface area contributed by atoms with Crippen LogP contribution in [-0.4, -0.2) is 39.5 Å². The first-order valence-electron chi connectivity index (χ1n) is 9.62. The van der Waals surface area contributed by atoms with Crippen LogP contribution in [0.3, 0.4) is 0 Å². The monoisotopic (exact) mass is 380 g/mol. The van der Waals surface area contributed by atoms with E-state index in [4.69, 9.17) is 4.74 Å². The lowest BCUT2D eigenvalue weighted by Gasteiger charge is -2.27. The zero-order valence-electron chi connectivity index (χ0n) is 16.2. The third-order valence-corrected chi connectivity index (χ3v) is 5.27. The predicted octanol–water partition coefficient (Wildman–Crippen LogP) is 2.55. The van der Waals surface area contributed by atoms with Crippen molar-refractivity contribution in [1.29, 1.82) is 0 Å². The van der Waals surface area contributed by atoms with E-state index in [0.29, 0.717) is 18.8 Å². The molecule has 0 bridgehead atoms.